The summed E-state index contributed by atoms with van der Waals surface area (Å²) in [6.45, 7) is 1.81. The SMILES string of the molecule is c1cn(CCCNc2ccc3ncc(-c4ccsc4)n3n2)cn1. The number of nitrogens with zero attached hydrogens (tertiary/aromatic N) is 5. The first kappa shape index (κ1) is 14.0. The highest BCUT2D eigenvalue weighted by molar-refractivity contribution is 7.08. The first-order chi connectivity index (χ1) is 11.4. The number of hydrogen-bond acceptors (Lipinski definition) is 5. The minimum Gasteiger partial charge on any atom is -0.369 e. The molecule has 0 aromatic carbocycles. The van der Waals surface area contributed by atoms with E-state index in [1.54, 1.807) is 17.5 Å². The van der Waals surface area contributed by atoms with E-state index in [0.29, 0.717) is 0 Å². The Morgan fingerprint density at radius 2 is 2.22 bits per heavy atom. The van der Waals surface area contributed by atoms with E-state index in [-0.39, 0.29) is 0 Å². The molecule has 23 heavy (non-hydrogen) atoms. The van der Waals surface area contributed by atoms with E-state index in [4.69, 9.17) is 0 Å². The van der Waals surface area contributed by atoms with Crippen molar-refractivity contribution in [3.8, 4) is 11.3 Å². The minimum absolute atomic E-state index is 0.857. The molecular weight excluding hydrogens is 308 g/mol. The normalized spacial score (nSPS) is 11.1. The van der Waals surface area contributed by atoms with E-state index in [2.05, 4.69) is 41.8 Å². The minimum atomic E-state index is 0.857. The van der Waals surface area contributed by atoms with Crippen molar-refractivity contribution in [2.45, 2.75) is 13.0 Å². The van der Waals surface area contributed by atoms with Gasteiger partial charge in [0.25, 0.3) is 0 Å². The molecule has 7 heteroatoms. The topological polar surface area (TPSA) is 60.0 Å². The summed E-state index contributed by atoms with van der Waals surface area (Å²) in [7, 11) is 0. The van der Waals surface area contributed by atoms with Gasteiger partial charge in [-0.05, 0) is 30.0 Å². The molecule has 0 spiro atoms. The zero-order chi connectivity index (χ0) is 15.5. The Morgan fingerprint density at radius 3 is 3.04 bits per heavy atom. The van der Waals surface area contributed by atoms with E-state index in [9.17, 15) is 0 Å². The Kier molecular flexibility index (Phi) is 3.77. The summed E-state index contributed by atoms with van der Waals surface area (Å²) in [6, 6.07) is 6.04. The number of rotatable bonds is 6. The highest BCUT2D eigenvalue weighted by atomic mass is 32.1. The lowest BCUT2D eigenvalue weighted by atomic mass is 10.3. The number of aromatic nitrogens is 5. The second-order valence-corrected chi connectivity index (χ2v) is 6.00. The maximum atomic E-state index is 4.65. The van der Waals surface area contributed by atoms with Gasteiger partial charge >= 0.3 is 0 Å². The van der Waals surface area contributed by atoms with Gasteiger partial charge in [-0.25, -0.2) is 14.5 Å². The number of thiophene rings is 1. The lowest BCUT2D eigenvalue weighted by Gasteiger charge is -2.07. The van der Waals surface area contributed by atoms with Crippen molar-refractivity contribution < 1.29 is 0 Å². The standard InChI is InChI=1S/C16H16N6S/c1(7-21-8-6-17-12-21)5-18-15-2-3-16-19-10-14(22(16)20-15)13-4-9-23-11-13/h2-4,6,8-12H,1,5,7H2,(H,18,20). The van der Waals surface area contributed by atoms with Crippen LogP contribution in [0.1, 0.15) is 6.42 Å². The third kappa shape index (κ3) is 2.95. The van der Waals surface area contributed by atoms with Crippen LogP contribution in [-0.2, 0) is 6.54 Å². The van der Waals surface area contributed by atoms with E-state index in [1.165, 1.54) is 0 Å². The van der Waals surface area contributed by atoms with Crippen LogP contribution in [0.4, 0.5) is 5.82 Å². The fourth-order valence-corrected chi connectivity index (χ4v) is 3.12. The third-order valence-electron chi connectivity index (χ3n) is 3.64. The molecule has 0 aliphatic heterocycles. The van der Waals surface area contributed by atoms with E-state index in [0.717, 1.165) is 42.2 Å². The number of aryl methyl sites for hydroxylation is 1. The van der Waals surface area contributed by atoms with Gasteiger partial charge in [0.15, 0.2) is 5.65 Å². The lowest BCUT2D eigenvalue weighted by molar-refractivity contribution is 0.659. The van der Waals surface area contributed by atoms with Crippen LogP contribution in [0.25, 0.3) is 16.9 Å². The predicted octanol–water partition coefficient (Wildman–Crippen LogP) is 3.16. The van der Waals surface area contributed by atoms with Crippen molar-refractivity contribution in [3.05, 3.63) is 53.9 Å². The van der Waals surface area contributed by atoms with Crippen LogP contribution < -0.4 is 5.32 Å². The second kappa shape index (κ2) is 6.21. The molecule has 0 saturated carbocycles. The van der Waals surface area contributed by atoms with Gasteiger partial charge in [0.1, 0.15) is 5.82 Å². The Labute approximate surface area is 137 Å². The van der Waals surface area contributed by atoms with E-state index >= 15 is 0 Å². The summed E-state index contributed by atoms with van der Waals surface area (Å²) >= 11 is 1.67. The second-order valence-electron chi connectivity index (χ2n) is 5.22. The van der Waals surface area contributed by atoms with Crippen molar-refractivity contribution in [2.75, 3.05) is 11.9 Å². The smallest absolute Gasteiger partial charge is 0.154 e. The maximum Gasteiger partial charge on any atom is 0.154 e. The molecule has 4 rings (SSSR count). The summed E-state index contributed by atoms with van der Waals surface area (Å²) in [5, 5.41) is 12.2. The van der Waals surface area contributed by atoms with E-state index in [1.807, 2.05) is 35.4 Å². The number of nitrogens with one attached hydrogen (secondary N) is 1. The van der Waals surface area contributed by atoms with Gasteiger partial charge < -0.3 is 9.88 Å². The monoisotopic (exact) mass is 324 g/mol. The molecule has 116 valence electrons. The van der Waals surface area contributed by atoms with Gasteiger partial charge in [0.05, 0.1) is 18.2 Å². The maximum absolute atomic E-state index is 4.65. The van der Waals surface area contributed by atoms with Crippen molar-refractivity contribution in [2.24, 2.45) is 0 Å². The number of hydrogen-bond donors (Lipinski definition) is 1. The molecule has 4 aromatic rings. The van der Waals surface area contributed by atoms with Crippen LogP contribution in [0.2, 0.25) is 0 Å². The summed E-state index contributed by atoms with van der Waals surface area (Å²) in [6.07, 6.45) is 8.49. The largest absolute Gasteiger partial charge is 0.369 e. The zero-order valence-electron chi connectivity index (χ0n) is 12.5. The summed E-state index contributed by atoms with van der Waals surface area (Å²) in [4.78, 5) is 8.46. The number of imidazole rings is 2. The summed E-state index contributed by atoms with van der Waals surface area (Å²) < 4.78 is 3.96. The molecule has 0 atom stereocenters. The molecule has 0 aliphatic carbocycles. The van der Waals surface area contributed by atoms with Gasteiger partial charge in [-0.15, -0.1) is 5.10 Å². The van der Waals surface area contributed by atoms with Gasteiger partial charge in [-0.3, -0.25) is 0 Å². The molecule has 4 heterocycles. The predicted molar refractivity (Wildman–Crippen MR) is 91.6 cm³/mol. The molecule has 6 nitrogen and oxygen atoms in total. The molecular formula is C16H16N6S. The summed E-state index contributed by atoms with van der Waals surface area (Å²) in [5.41, 5.74) is 3.02. The first-order valence-corrected chi connectivity index (χ1v) is 8.41. The lowest BCUT2D eigenvalue weighted by Crippen LogP contribution is -2.08. The molecule has 1 N–H and O–H groups in total. The van der Waals surface area contributed by atoms with Gasteiger partial charge in [-0.1, -0.05) is 0 Å². The van der Waals surface area contributed by atoms with Gasteiger partial charge in [0.2, 0.25) is 0 Å². The van der Waals surface area contributed by atoms with Crippen LogP contribution >= 0.6 is 11.3 Å². The van der Waals surface area contributed by atoms with E-state index < -0.39 is 0 Å². The zero-order valence-corrected chi connectivity index (χ0v) is 13.3. The highest BCUT2D eigenvalue weighted by Gasteiger charge is 2.08. The third-order valence-corrected chi connectivity index (χ3v) is 4.32. The molecule has 0 radical (unpaired) electrons. The highest BCUT2D eigenvalue weighted by Crippen LogP contribution is 2.23. The fourth-order valence-electron chi connectivity index (χ4n) is 2.47. The Morgan fingerprint density at radius 1 is 1.22 bits per heavy atom. The quantitative estimate of drug-likeness (QED) is 0.554. The van der Waals surface area contributed by atoms with Crippen LogP contribution in [0.5, 0.6) is 0 Å². The molecule has 0 amide bonds. The number of fused-ring (bicyclic) bond motifs is 1. The number of anilines is 1. The van der Waals surface area contributed by atoms with Crippen molar-refractivity contribution in [1.29, 1.82) is 0 Å². The van der Waals surface area contributed by atoms with Crippen LogP contribution in [0.15, 0.2) is 53.9 Å². The molecule has 0 aliphatic rings. The van der Waals surface area contributed by atoms with Crippen LogP contribution in [-0.4, -0.2) is 30.7 Å². The Bertz CT molecular complexity index is 879. The van der Waals surface area contributed by atoms with Gasteiger partial charge in [0, 0.05) is 36.4 Å². The average Bonchev–Trinajstić information content (AvgIpc) is 3.31. The Balaban J connectivity index is 1.46. The Hall–Kier alpha value is -2.67. The molecule has 4 aromatic heterocycles. The molecule has 0 fully saturated rings. The van der Waals surface area contributed by atoms with Crippen molar-refractivity contribution in [1.82, 2.24) is 24.1 Å². The van der Waals surface area contributed by atoms with Crippen LogP contribution in [0.3, 0.4) is 0 Å². The molecule has 0 saturated heterocycles. The first-order valence-electron chi connectivity index (χ1n) is 7.47. The van der Waals surface area contributed by atoms with Gasteiger partial charge in [-0.2, -0.15) is 11.3 Å². The average molecular weight is 324 g/mol. The molecule has 0 bridgehead atoms. The molecule has 0 unspecified atom stereocenters. The van der Waals surface area contributed by atoms with Crippen LogP contribution in [0, 0.1) is 0 Å². The van der Waals surface area contributed by atoms with Crippen molar-refractivity contribution in [3.63, 3.8) is 0 Å². The summed E-state index contributed by atoms with van der Waals surface area (Å²) in [5.74, 6) is 0.859. The fraction of sp³-hybridized carbons (Fsp3) is 0.188. The van der Waals surface area contributed by atoms with Crippen molar-refractivity contribution >= 4 is 22.8 Å².